The first kappa shape index (κ1) is 9.00. The van der Waals surface area contributed by atoms with E-state index >= 15 is 0 Å². The lowest BCUT2D eigenvalue weighted by Crippen LogP contribution is -2.21. The number of hydrogen-bond donors (Lipinski definition) is 2. The van der Waals surface area contributed by atoms with Gasteiger partial charge >= 0.3 is 5.97 Å². The van der Waals surface area contributed by atoms with Crippen LogP contribution in [0.1, 0.15) is 32.6 Å². The molecule has 3 heteroatoms. The number of carboxylic acid groups (broad SMARTS) is 1. The highest BCUT2D eigenvalue weighted by atomic mass is 16.4. The summed E-state index contributed by atoms with van der Waals surface area (Å²) in [5.74, 6) is -0.492. The number of carboxylic acids is 1. The van der Waals surface area contributed by atoms with Gasteiger partial charge in [0.1, 0.15) is 0 Å². The smallest absolute Gasteiger partial charge is 0.307 e. The van der Waals surface area contributed by atoms with Crippen LogP contribution in [0.25, 0.3) is 0 Å². The van der Waals surface area contributed by atoms with Gasteiger partial charge in [-0.2, -0.15) is 0 Å². The van der Waals surface area contributed by atoms with Gasteiger partial charge in [0.2, 0.25) is 0 Å². The molecule has 0 aromatic carbocycles. The second-order valence-corrected chi connectivity index (χ2v) is 4.44. The molecule has 0 spiro atoms. The highest BCUT2D eigenvalue weighted by molar-refractivity contribution is 5.75. The van der Waals surface area contributed by atoms with Gasteiger partial charge in [-0.05, 0) is 37.0 Å². The summed E-state index contributed by atoms with van der Waals surface area (Å²) in [6, 6.07) is 0. The van der Waals surface area contributed by atoms with Gasteiger partial charge in [-0.25, -0.2) is 0 Å². The first-order chi connectivity index (χ1) is 6.12. The van der Waals surface area contributed by atoms with Gasteiger partial charge in [-0.15, -0.1) is 0 Å². The lowest BCUT2D eigenvalue weighted by molar-refractivity contribution is -0.139. The fraction of sp³-hybridized carbons (Fsp3) is 0.900. The van der Waals surface area contributed by atoms with Gasteiger partial charge in [0, 0.05) is 0 Å². The molecule has 74 valence electrons. The summed E-state index contributed by atoms with van der Waals surface area (Å²) < 4.78 is 0. The summed E-state index contributed by atoms with van der Waals surface area (Å²) in [5, 5.41) is 18.5. The predicted molar refractivity (Wildman–Crippen MR) is 47.2 cm³/mol. The minimum Gasteiger partial charge on any atom is -0.481 e. The Labute approximate surface area is 77.8 Å². The minimum absolute atomic E-state index is 0.0521. The van der Waals surface area contributed by atoms with Gasteiger partial charge < -0.3 is 10.2 Å². The average molecular weight is 184 g/mol. The zero-order valence-corrected chi connectivity index (χ0v) is 7.86. The third kappa shape index (κ3) is 1.10. The van der Waals surface area contributed by atoms with Crippen molar-refractivity contribution in [1.82, 2.24) is 0 Å². The van der Waals surface area contributed by atoms with Crippen LogP contribution < -0.4 is 0 Å². The first-order valence-corrected chi connectivity index (χ1v) is 5.02. The molecule has 0 saturated heterocycles. The van der Waals surface area contributed by atoms with Crippen molar-refractivity contribution in [3.05, 3.63) is 0 Å². The Balaban J connectivity index is 2.15. The SMILES string of the molecule is CCC12CC(O)CCC1C2C(=O)O. The Morgan fingerprint density at radius 2 is 2.23 bits per heavy atom. The van der Waals surface area contributed by atoms with Gasteiger partial charge in [-0.3, -0.25) is 4.79 Å². The molecule has 0 aromatic rings. The second-order valence-electron chi connectivity index (χ2n) is 4.44. The third-order valence-corrected chi connectivity index (χ3v) is 4.00. The summed E-state index contributed by atoms with van der Waals surface area (Å²) in [6.07, 6.45) is 3.01. The van der Waals surface area contributed by atoms with Gasteiger partial charge in [-0.1, -0.05) is 6.92 Å². The Morgan fingerprint density at radius 3 is 2.77 bits per heavy atom. The Kier molecular flexibility index (Phi) is 1.88. The molecule has 0 bridgehead atoms. The van der Waals surface area contributed by atoms with Crippen molar-refractivity contribution in [2.75, 3.05) is 0 Å². The van der Waals surface area contributed by atoms with Gasteiger partial charge in [0.05, 0.1) is 12.0 Å². The lowest BCUT2D eigenvalue weighted by atomic mass is 9.84. The zero-order chi connectivity index (χ0) is 9.64. The molecule has 0 radical (unpaired) electrons. The number of fused-ring (bicyclic) bond motifs is 1. The maximum Gasteiger partial charge on any atom is 0.307 e. The van der Waals surface area contributed by atoms with Crippen LogP contribution in [0.2, 0.25) is 0 Å². The summed E-state index contributed by atoms with van der Waals surface area (Å²) in [7, 11) is 0. The molecule has 0 aromatic heterocycles. The summed E-state index contributed by atoms with van der Waals surface area (Å²) >= 11 is 0. The fourth-order valence-corrected chi connectivity index (χ4v) is 3.27. The van der Waals surface area contributed by atoms with E-state index in [9.17, 15) is 9.90 Å². The molecular weight excluding hydrogens is 168 g/mol. The molecular formula is C10H16O3. The quantitative estimate of drug-likeness (QED) is 0.679. The van der Waals surface area contributed by atoms with E-state index in [1.165, 1.54) is 0 Å². The van der Waals surface area contributed by atoms with Crippen LogP contribution in [0.4, 0.5) is 0 Å². The van der Waals surface area contributed by atoms with Gasteiger partial charge in [0.25, 0.3) is 0 Å². The van der Waals surface area contributed by atoms with Crippen molar-refractivity contribution in [2.45, 2.75) is 38.7 Å². The van der Waals surface area contributed by atoms with E-state index < -0.39 is 5.97 Å². The normalized spacial score (nSPS) is 48.3. The topological polar surface area (TPSA) is 57.5 Å². The molecule has 0 aliphatic heterocycles. The molecule has 2 aliphatic carbocycles. The van der Waals surface area contributed by atoms with Crippen LogP contribution in [0.15, 0.2) is 0 Å². The van der Waals surface area contributed by atoms with E-state index in [4.69, 9.17) is 5.11 Å². The van der Waals surface area contributed by atoms with Crippen LogP contribution >= 0.6 is 0 Å². The molecule has 3 nitrogen and oxygen atoms in total. The maximum atomic E-state index is 10.9. The third-order valence-electron chi connectivity index (χ3n) is 4.00. The second kappa shape index (κ2) is 2.71. The van der Waals surface area contributed by atoms with Crippen molar-refractivity contribution in [1.29, 1.82) is 0 Å². The standard InChI is InChI=1S/C10H16O3/c1-2-10-5-6(11)3-4-7(10)8(10)9(12)13/h6-8,11H,2-5H2,1H3,(H,12,13). The molecule has 2 saturated carbocycles. The average Bonchev–Trinajstić information content (AvgIpc) is 2.73. The Bertz CT molecular complexity index is 238. The van der Waals surface area contributed by atoms with Crippen molar-refractivity contribution in [3.63, 3.8) is 0 Å². The number of aliphatic hydroxyl groups excluding tert-OH is 1. The van der Waals surface area contributed by atoms with Crippen molar-refractivity contribution >= 4 is 5.97 Å². The number of aliphatic hydroxyl groups is 1. The fourth-order valence-electron chi connectivity index (χ4n) is 3.27. The summed E-state index contributed by atoms with van der Waals surface area (Å²) in [5.41, 5.74) is -0.0521. The molecule has 4 unspecified atom stereocenters. The Hall–Kier alpha value is -0.570. The monoisotopic (exact) mass is 184 g/mol. The zero-order valence-electron chi connectivity index (χ0n) is 7.86. The van der Waals surface area contributed by atoms with E-state index in [1.54, 1.807) is 0 Å². The molecule has 0 amide bonds. The highest BCUT2D eigenvalue weighted by Crippen LogP contribution is 2.68. The lowest BCUT2D eigenvalue weighted by Gasteiger charge is -2.24. The number of aliphatic carboxylic acids is 1. The van der Waals surface area contributed by atoms with Crippen molar-refractivity contribution < 1.29 is 15.0 Å². The molecule has 0 heterocycles. The number of carbonyl (C=O) groups is 1. The highest BCUT2D eigenvalue weighted by Gasteiger charge is 2.68. The maximum absolute atomic E-state index is 10.9. The van der Waals surface area contributed by atoms with E-state index in [1.807, 2.05) is 6.92 Å². The Morgan fingerprint density at radius 1 is 1.54 bits per heavy atom. The summed E-state index contributed by atoms with van der Waals surface area (Å²) in [4.78, 5) is 10.9. The van der Waals surface area contributed by atoms with Gasteiger partial charge in [0.15, 0.2) is 0 Å². The summed E-state index contributed by atoms with van der Waals surface area (Å²) in [6.45, 7) is 2.04. The van der Waals surface area contributed by atoms with Crippen molar-refractivity contribution in [3.8, 4) is 0 Å². The first-order valence-electron chi connectivity index (χ1n) is 5.02. The molecule has 2 rings (SSSR count). The molecule has 2 N–H and O–H groups in total. The number of hydrogen-bond acceptors (Lipinski definition) is 2. The minimum atomic E-state index is -0.666. The molecule has 2 fully saturated rings. The largest absolute Gasteiger partial charge is 0.481 e. The molecule has 4 atom stereocenters. The van der Waals surface area contributed by atoms with Crippen LogP contribution in [-0.2, 0) is 4.79 Å². The number of rotatable bonds is 2. The van der Waals surface area contributed by atoms with E-state index in [0.29, 0.717) is 12.3 Å². The van der Waals surface area contributed by atoms with Crippen LogP contribution in [0.5, 0.6) is 0 Å². The van der Waals surface area contributed by atoms with Crippen molar-refractivity contribution in [2.24, 2.45) is 17.3 Å². The predicted octanol–water partition coefficient (Wildman–Crippen LogP) is 1.26. The van der Waals surface area contributed by atoms with Crippen LogP contribution in [0.3, 0.4) is 0 Å². The molecule has 2 aliphatic rings. The molecule has 13 heavy (non-hydrogen) atoms. The van der Waals surface area contributed by atoms with Crippen LogP contribution in [0, 0.1) is 17.3 Å². The van der Waals surface area contributed by atoms with E-state index in [0.717, 1.165) is 19.3 Å². The van der Waals surface area contributed by atoms with E-state index in [-0.39, 0.29) is 17.4 Å². The van der Waals surface area contributed by atoms with E-state index in [2.05, 4.69) is 0 Å². The van der Waals surface area contributed by atoms with Crippen LogP contribution in [-0.4, -0.2) is 22.3 Å².